The minimum atomic E-state index is -3.93. The van der Waals surface area contributed by atoms with Crippen molar-refractivity contribution in [1.82, 2.24) is 0 Å². The number of amides is 2. The summed E-state index contributed by atoms with van der Waals surface area (Å²) in [5.41, 5.74) is 2.19. The summed E-state index contributed by atoms with van der Waals surface area (Å²) in [7, 11) is -2.45. The number of piperidine rings is 1. The van der Waals surface area contributed by atoms with Crippen molar-refractivity contribution in [2.24, 2.45) is 0 Å². The van der Waals surface area contributed by atoms with Gasteiger partial charge >= 0.3 is 6.03 Å². The van der Waals surface area contributed by atoms with Crippen LogP contribution in [0, 0.1) is 0 Å². The highest BCUT2D eigenvalue weighted by Gasteiger charge is 2.22. The van der Waals surface area contributed by atoms with Gasteiger partial charge in [-0.05, 0) is 61.7 Å². The van der Waals surface area contributed by atoms with Gasteiger partial charge in [-0.15, -0.1) is 0 Å². The van der Waals surface area contributed by atoms with Crippen molar-refractivity contribution in [3.63, 3.8) is 0 Å². The van der Waals surface area contributed by atoms with Crippen LogP contribution < -0.4 is 25.0 Å². The number of para-hydroxylation sites is 3. The van der Waals surface area contributed by atoms with Crippen LogP contribution in [0.15, 0.2) is 77.7 Å². The summed E-state index contributed by atoms with van der Waals surface area (Å²) >= 11 is 0. The first-order valence-electron chi connectivity index (χ1n) is 11.1. The van der Waals surface area contributed by atoms with Crippen LogP contribution in [0.3, 0.4) is 0 Å². The standard InChI is InChI=1S/C25H28N4O4S/c1-33-24-13-7-6-12-21(24)28-34(31,32)20-14-15-23(29-16-8-3-9-17-29)22(18-20)27-25(30)26-19-10-4-2-5-11-19/h2,4-7,10-15,18,28H,3,8-9,16-17H2,1H3,(H2,26,27,30). The van der Waals surface area contributed by atoms with Crippen LogP contribution in [-0.2, 0) is 10.0 Å². The molecule has 1 aliphatic heterocycles. The van der Waals surface area contributed by atoms with Gasteiger partial charge in [-0.1, -0.05) is 30.3 Å². The number of carbonyl (C=O) groups excluding carboxylic acids is 1. The van der Waals surface area contributed by atoms with Crippen molar-refractivity contribution < 1.29 is 17.9 Å². The Labute approximate surface area is 200 Å². The quantitative estimate of drug-likeness (QED) is 0.435. The number of urea groups is 1. The molecule has 1 saturated heterocycles. The van der Waals surface area contributed by atoms with E-state index in [2.05, 4.69) is 20.3 Å². The molecule has 1 aliphatic rings. The molecule has 1 heterocycles. The number of sulfonamides is 1. The van der Waals surface area contributed by atoms with E-state index in [1.165, 1.54) is 13.2 Å². The lowest BCUT2D eigenvalue weighted by atomic mass is 10.1. The molecule has 0 spiro atoms. The van der Waals surface area contributed by atoms with Gasteiger partial charge in [0.05, 0.1) is 29.1 Å². The Morgan fingerprint density at radius 1 is 0.853 bits per heavy atom. The lowest BCUT2D eigenvalue weighted by Crippen LogP contribution is -2.31. The first kappa shape index (κ1) is 23.4. The molecule has 178 valence electrons. The Hall–Kier alpha value is -3.72. The molecule has 2 amide bonds. The molecule has 8 nitrogen and oxygen atoms in total. The highest BCUT2D eigenvalue weighted by Crippen LogP contribution is 2.33. The molecule has 0 unspecified atom stereocenters. The van der Waals surface area contributed by atoms with E-state index in [0.717, 1.165) is 38.0 Å². The van der Waals surface area contributed by atoms with Crippen molar-refractivity contribution >= 4 is 38.8 Å². The first-order chi connectivity index (χ1) is 16.5. The van der Waals surface area contributed by atoms with E-state index in [4.69, 9.17) is 4.74 Å². The smallest absolute Gasteiger partial charge is 0.323 e. The summed E-state index contributed by atoms with van der Waals surface area (Å²) in [4.78, 5) is 14.9. The maximum atomic E-state index is 13.2. The second-order valence-corrected chi connectivity index (χ2v) is 9.66. The Morgan fingerprint density at radius 2 is 1.56 bits per heavy atom. The third-order valence-electron chi connectivity index (χ3n) is 5.61. The lowest BCUT2D eigenvalue weighted by Gasteiger charge is -2.31. The predicted octanol–water partition coefficient (Wildman–Crippen LogP) is 5.13. The molecular weight excluding hydrogens is 452 g/mol. The number of carbonyl (C=O) groups is 1. The largest absolute Gasteiger partial charge is 0.495 e. The monoisotopic (exact) mass is 480 g/mol. The molecule has 0 aromatic heterocycles. The number of nitrogens with zero attached hydrogens (tertiary/aromatic N) is 1. The summed E-state index contributed by atoms with van der Waals surface area (Å²) in [6, 6.07) is 20.2. The van der Waals surface area contributed by atoms with Gasteiger partial charge in [0, 0.05) is 18.8 Å². The van der Waals surface area contributed by atoms with Crippen molar-refractivity contribution in [1.29, 1.82) is 0 Å². The molecule has 3 aromatic rings. The van der Waals surface area contributed by atoms with Gasteiger partial charge in [-0.2, -0.15) is 0 Å². The Morgan fingerprint density at radius 3 is 2.29 bits per heavy atom. The van der Waals surface area contributed by atoms with Crippen LogP contribution in [0.25, 0.3) is 0 Å². The summed E-state index contributed by atoms with van der Waals surface area (Å²) in [6.45, 7) is 1.70. The molecule has 0 atom stereocenters. The van der Waals surface area contributed by atoms with E-state index in [1.807, 2.05) is 18.2 Å². The molecule has 0 bridgehead atoms. The topological polar surface area (TPSA) is 99.8 Å². The minimum Gasteiger partial charge on any atom is -0.495 e. The van der Waals surface area contributed by atoms with Crippen LogP contribution in [-0.4, -0.2) is 34.6 Å². The van der Waals surface area contributed by atoms with Crippen molar-refractivity contribution in [3.8, 4) is 5.75 Å². The number of hydrogen-bond acceptors (Lipinski definition) is 5. The van der Waals surface area contributed by atoms with E-state index in [0.29, 0.717) is 22.8 Å². The molecule has 3 N–H and O–H groups in total. The number of hydrogen-bond donors (Lipinski definition) is 3. The third-order valence-corrected chi connectivity index (χ3v) is 6.97. The van der Waals surface area contributed by atoms with Gasteiger partial charge in [0.1, 0.15) is 5.75 Å². The summed E-state index contributed by atoms with van der Waals surface area (Å²) < 4.78 is 34.2. The van der Waals surface area contributed by atoms with Gasteiger partial charge in [0.25, 0.3) is 10.0 Å². The molecule has 0 aliphatic carbocycles. The maximum Gasteiger partial charge on any atom is 0.323 e. The minimum absolute atomic E-state index is 0.0363. The van der Waals surface area contributed by atoms with Crippen LogP contribution in [0.4, 0.5) is 27.5 Å². The highest BCUT2D eigenvalue weighted by atomic mass is 32.2. The molecular formula is C25H28N4O4S. The Balaban J connectivity index is 1.64. The number of anilines is 4. The van der Waals surface area contributed by atoms with Gasteiger partial charge < -0.3 is 20.3 Å². The van der Waals surface area contributed by atoms with Gasteiger partial charge in [0.2, 0.25) is 0 Å². The zero-order chi connectivity index (χ0) is 24.0. The summed E-state index contributed by atoms with van der Waals surface area (Å²) in [5, 5.41) is 5.63. The number of methoxy groups -OCH3 is 1. The number of rotatable bonds is 7. The molecule has 3 aromatic carbocycles. The van der Waals surface area contributed by atoms with Crippen molar-refractivity contribution in [3.05, 3.63) is 72.8 Å². The molecule has 34 heavy (non-hydrogen) atoms. The number of benzene rings is 3. The van der Waals surface area contributed by atoms with Crippen LogP contribution in [0.2, 0.25) is 0 Å². The highest BCUT2D eigenvalue weighted by molar-refractivity contribution is 7.92. The van der Waals surface area contributed by atoms with Crippen LogP contribution in [0.5, 0.6) is 5.75 Å². The van der Waals surface area contributed by atoms with Crippen molar-refractivity contribution in [2.75, 3.05) is 40.5 Å². The second-order valence-electron chi connectivity index (χ2n) is 7.98. The molecule has 1 fully saturated rings. The van der Waals surface area contributed by atoms with Crippen LogP contribution in [0.1, 0.15) is 19.3 Å². The third kappa shape index (κ3) is 5.60. The van der Waals surface area contributed by atoms with Crippen molar-refractivity contribution in [2.45, 2.75) is 24.2 Å². The molecule has 9 heteroatoms. The van der Waals surface area contributed by atoms with E-state index < -0.39 is 16.1 Å². The predicted molar refractivity (Wildman–Crippen MR) is 135 cm³/mol. The lowest BCUT2D eigenvalue weighted by molar-refractivity contribution is 0.262. The van der Waals surface area contributed by atoms with E-state index in [-0.39, 0.29) is 4.90 Å². The fraction of sp³-hybridized carbons (Fsp3) is 0.240. The first-order valence-corrected chi connectivity index (χ1v) is 12.6. The molecule has 0 saturated carbocycles. The SMILES string of the molecule is COc1ccccc1NS(=O)(=O)c1ccc(N2CCCCC2)c(NC(=O)Nc2ccccc2)c1. The summed E-state index contributed by atoms with van der Waals surface area (Å²) in [6.07, 6.45) is 3.25. The average molecular weight is 481 g/mol. The van der Waals surface area contributed by atoms with E-state index in [9.17, 15) is 13.2 Å². The number of ether oxygens (including phenoxy) is 1. The number of nitrogens with one attached hydrogen (secondary N) is 3. The average Bonchev–Trinajstić information content (AvgIpc) is 2.85. The Kier molecular flexibility index (Phi) is 7.22. The maximum absolute atomic E-state index is 13.2. The van der Waals surface area contributed by atoms with Crippen LogP contribution >= 0.6 is 0 Å². The van der Waals surface area contributed by atoms with Gasteiger partial charge in [-0.3, -0.25) is 4.72 Å². The zero-order valence-electron chi connectivity index (χ0n) is 19.0. The Bertz CT molecular complexity index is 1240. The molecule has 4 rings (SSSR count). The molecule has 0 radical (unpaired) electrons. The summed E-state index contributed by atoms with van der Waals surface area (Å²) in [5.74, 6) is 0.414. The fourth-order valence-corrected chi connectivity index (χ4v) is 5.03. The van der Waals surface area contributed by atoms with Gasteiger partial charge in [-0.25, -0.2) is 13.2 Å². The second kappa shape index (κ2) is 10.5. The fourth-order valence-electron chi connectivity index (χ4n) is 3.93. The van der Waals surface area contributed by atoms with E-state index in [1.54, 1.807) is 48.5 Å². The van der Waals surface area contributed by atoms with E-state index >= 15 is 0 Å². The van der Waals surface area contributed by atoms with Gasteiger partial charge in [0.15, 0.2) is 0 Å². The normalized spacial score (nSPS) is 13.7. The zero-order valence-corrected chi connectivity index (χ0v) is 19.8.